The molecule has 1 aromatic rings. The predicted molar refractivity (Wildman–Crippen MR) is 51.5 cm³/mol. The molecule has 1 aromatic carbocycles. The van der Waals surface area contributed by atoms with Crippen LogP contribution in [-0.2, 0) is 0 Å². The summed E-state index contributed by atoms with van der Waals surface area (Å²) >= 11 is 0. The molecule has 0 aliphatic carbocycles. The number of aryl methyl sites for hydroxylation is 1. The summed E-state index contributed by atoms with van der Waals surface area (Å²) in [4.78, 5) is 22.1. The van der Waals surface area contributed by atoms with Gasteiger partial charge in [0.1, 0.15) is 0 Å². The Bertz CT molecular complexity index is 385. The van der Waals surface area contributed by atoms with Crippen LogP contribution < -0.4 is 5.32 Å². The molecule has 2 N–H and O–H groups in total. The zero-order chi connectivity index (χ0) is 10.7. The van der Waals surface area contributed by atoms with Crippen LogP contribution in [0.15, 0.2) is 18.2 Å². The Morgan fingerprint density at radius 3 is 2.43 bits per heavy atom. The van der Waals surface area contributed by atoms with Crippen molar-refractivity contribution in [2.45, 2.75) is 6.92 Å². The Balaban J connectivity index is 3.29. The van der Waals surface area contributed by atoms with E-state index in [-0.39, 0.29) is 17.0 Å². The fraction of sp³-hybridized carbons (Fsp3) is 0.200. The first-order valence-electron chi connectivity index (χ1n) is 4.12. The summed E-state index contributed by atoms with van der Waals surface area (Å²) in [5.74, 6) is -1.48. The van der Waals surface area contributed by atoms with Gasteiger partial charge in [-0.3, -0.25) is 4.79 Å². The van der Waals surface area contributed by atoms with Crippen molar-refractivity contribution in [2.24, 2.45) is 0 Å². The molecule has 14 heavy (non-hydrogen) atoms. The van der Waals surface area contributed by atoms with Gasteiger partial charge in [-0.25, -0.2) is 4.79 Å². The Morgan fingerprint density at radius 2 is 1.93 bits per heavy atom. The van der Waals surface area contributed by atoms with E-state index in [0.29, 0.717) is 0 Å². The number of benzene rings is 1. The number of aromatic carboxylic acids is 1. The number of carboxylic acid groups (broad SMARTS) is 1. The summed E-state index contributed by atoms with van der Waals surface area (Å²) in [6.07, 6.45) is 0. The van der Waals surface area contributed by atoms with Gasteiger partial charge in [0.15, 0.2) is 0 Å². The summed E-state index contributed by atoms with van der Waals surface area (Å²) in [6, 6.07) is 4.65. The van der Waals surface area contributed by atoms with E-state index in [0.717, 1.165) is 5.56 Å². The van der Waals surface area contributed by atoms with E-state index in [1.807, 2.05) is 0 Å². The van der Waals surface area contributed by atoms with E-state index in [1.54, 1.807) is 19.1 Å². The second kappa shape index (κ2) is 3.91. The van der Waals surface area contributed by atoms with Crippen LogP contribution in [0.25, 0.3) is 0 Å². The number of rotatable bonds is 2. The third-order valence-electron chi connectivity index (χ3n) is 1.88. The van der Waals surface area contributed by atoms with Crippen LogP contribution in [0.5, 0.6) is 0 Å². The van der Waals surface area contributed by atoms with E-state index in [2.05, 4.69) is 5.32 Å². The number of carboxylic acids is 1. The number of nitrogens with one attached hydrogen (secondary N) is 1. The van der Waals surface area contributed by atoms with Crippen molar-refractivity contribution < 1.29 is 14.7 Å². The molecule has 4 nitrogen and oxygen atoms in total. The van der Waals surface area contributed by atoms with E-state index in [9.17, 15) is 9.59 Å². The van der Waals surface area contributed by atoms with Crippen LogP contribution in [0.1, 0.15) is 26.3 Å². The van der Waals surface area contributed by atoms with Crippen molar-refractivity contribution in [1.29, 1.82) is 0 Å². The molecule has 0 spiro atoms. The molecule has 74 valence electrons. The maximum atomic E-state index is 11.3. The highest BCUT2D eigenvalue weighted by Crippen LogP contribution is 2.11. The average molecular weight is 193 g/mol. The summed E-state index contributed by atoms with van der Waals surface area (Å²) in [6.45, 7) is 1.80. The van der Waals surface area contributed by atoms with Gasteiger partial charge in [-0.15, -0.1) is 0 Å². The molecule has 1 rings (SSSR count). The zero-order valence-electron chi connectivity index (χ0n) is 8.00. The highest BCUT2D eigenvalue weighted by atomic mass is 16.4. The largest absolute Gasteiger partial charge is 0.478 e. The minimum atomic E-state index is -1.09. The van der Waals surface area contributed by atoms with Crippen LogP contribution >= 0.6 is 0 Å². The number of hydrogen-bond acceptors (Lipinski definition) is 2. The van der Waals surface area contributed by atoms with Gasteiger partial charge in [0, 0.05) is 7.05 Å². The molecule has 0 unspecified atom stereocenters. The van der Waals surface area contributed by atoms with Crippen LogP contribution in [0.3, 0.4) is 0 Å². The zero-order valence-corrected chi connectivity index (χ0v) is 8.00. The van der Waals surface area contributed by atoms with Gasteiger partial charge in [-0.1, -0.05) is 11.6 Å². The lowest BCUT2D eigenvalue weighted by Gasteiger charge is -2.05. The molecule has 4 heteroatoms. The second-order valence-corrected chi connectivity index (χ2v) is 2.93. The monoisotopic (exact) mass is 193 g/mol. The van der Waals surface area contributed by atoms with Gasteiger partial charge >= 0.3 is 5.97 Å². The standard InChI is InChI=1S/C10H11NO3/c1-6-3-4-7(10(13)14)8(5-6)9(12)11-2/h3-5H,1-2H3,(H,11,12)(H,13,14). The Kier molecular flexibility index (Phi) is 2.86. The molecular formula is C10H11NO3. The molecule has 0 aliphatic rings. The lowest BCUT2D eigenvalue weighted by molar-refractivity contribution is 0.0691. The summed E-state index contributed by atoms with van der Waals surface area (Å²) in [7, 11) is 1.47. The summed E-state index contributed by atoms with van der Waals surface area (Å²) in [5.41, 5.74) is 1.07. The molecule has 0 bridgehead atoms. The van der Waals surface area contributed by atoms with Gasteiger partial charge in [0.2, 0.25) is 0 Å². The molecule has 0 atom stereocenters. The fourth-order valence-electron chi connectivity index (χ4n) is 1.17. The first kappa shape index (κ1) is 10.2. The SMILES string of the molecule is CNC(=O)c1cc(C)ccc1C(=O)O. The fourth-order valence-corrected chi connectivity index (χ4v) is 1.17. The number of amides is 1. The lowest BCUT2D eigenvalue weighted by Crippen LogP contribution is -2.21. The maximum absolute atomic E-state index is 11.3. The molecule has 0 fully saturated rings. The first-order valence-corrected chi connectivity index (χ1v) is 4.12. The van der Waals surface area contributed by atoms with E-state index >= 15 is 0 Å². The average Bonchev–Trinajstić information content (AvgIpc) is 2.16. The predicted octanol–water partition coefficient (Wildman–Crippen LogP) is 1.05. The minimum absolute atomic E-state index is 0.0231. The number of hydrogen-bond donors (Lipinski definition) is 2. The normalized spacial score (nSPS) is 9.57. The van der Waals surface area contributed by atoms with Crippen LogP contribution in [0, 0.1) is 6.92 Å². The van der Waals surface area contributed by atoms with E-state index in [4.69, 9.17) is 5.11 Å². The first-order chi connectivity index (χ1) is 6.56. The molecule has 0 aromatic heterocycles. The third kappa shape index (κ3) is 1.90. The van der Waals surface area contributed by atoms with Gasteiger partial charge in [-0.05, 0) is 19.1 Å². The highest BCUT2D eigenvalue weighted by Gasteiger charge is 2.14. The molecular weight excluding hydrogens is 182 g/mol. The van der Waals surface area contributed by atoms with E-state index < -0.39 is 5.97 Å². The van der Waals surface area contributed by atoms with Crippen molar-refractivity contribution in [3.05, 3.63) is 34.9 Å². The molecule has 0 radical (unpaired) electrons. The van der Waals surface area contributed by atoms with Crippen molar-refractivity contribution >= 4 is 11.9 Å². The molecule has 0 heterocycles. The third-order valence-corrected chi connectivity index (χ3v) is 1.88. The topological polar surface area (TPSA) is 66.4 Å². The van der Waals surface area contributed by atoms with Gasteiger partial charge < -0.3 is 10.4 Å². The van der Waals surface area contributed by atoms with Crippen LogP contribution in [0.2, 0.25) is 0 Å². The highest BCUT2D eigenvalue weighted by molar-refractivity contribution is 6.04. The number of carbonyl (C=O) groups excluding carboxylic acids is 1. The molecule has 0 saturated heterocycles. The van der Waals surface area contributed by atoms with Crippen LogP contribution in [-0.4, -0.2) is 24.0 Å². The lowest BCUT2D eigenvalue weighted by atomic mass is 10.0. The Morgan fingerprint density at radius 1 is 1.29 bits per heavy atom. The van der Waals surface area contributed by atoms with Crippen molar-refractivity contribution in [2.75, 3.05) is 7.05 Å². The molecule has 1 amide bonds. The smallest absolute Gasteiger partial charge is 0.336 e. The molecule has 0 aliphatic heterocycles. The Labute approximate surface area is 81.6 Å². The Hall–Kier alpha value is -1.84. The summed E-state index contributed by atoms with van der Waals surface area (Å²) in [5, 5.41) is 11.2. The van der Waals surface area contributed by atoms with Crippen molar-refractivity contribution in [3.8, 4) is 0 Å². The van der Waals surface area contributed by atoms with Crippen LogP contribution in [0.4, 0.5) is 0 Å². The second-order valence-electron chi connectivity index (χ2n) is 2.93. The molecule has 0 saturated carbocycles. The van der Waals surface area contributed by atoms with Crippen molar-refractivity contribution in [3.63, 3.8) is 0 Å². The maximum Gasteiger partial charge on any atom is 0.336 e. The van der Waals surface area contributed by atoms with E-state index in [1.165, 1.54) is 13.1 Å². The summed E-state index contributed by atoms with van der Waals surface area (Å²) < 4.78 is 0. The quantitative estimate of drug-likeness (QED) is 0.737. The van der Waals surface area contributed by atoms with Gasteiger partial charge in [0.25, 0.3) is 5.91 Å². The van der Waals surface area contributed by atoms with Gasteiger partial charge in [-0.2, -0.15) is 0 Å². The van der Waals surface area contributed by atoms with Crippen molar-refractivity contribution in [1.82, 2.24) is 5.32 Å². The number of carbonyl (C=O) groups is 2. The van der Waals surface area contributed by atoms with Gasteiger partial charge in [0.05, 0.1) is 11.1 Å². The minimum Gasteiger partial charge on any atom is -0.478 e.